The van der Waals surface area contributed by atoms with Gasteiger partial charge in [-0.2, -0.15) is 0 Å². The summed E-state index contributed by atoms with van der Waals surface area (Å²) in [4.78, 5) is 0. The van der Waals surface area contributed by atoms with E-state index >= 15 is 0 Å². The number of hydrogen-bond acceptors (Lipinski definition) is 2. The molecule has 1 aromatic rings. The number of methoxy groups -OCH3 is 1. The van der Waals surface area contributed by atoms with E-state index in [1.807, 2.05) is 6.07 Å². The number of rotatable bonds is 3. The summed E-state index contributed by atoms with van der Waals surface area (Å²) in [7, 11) is 1.72. The Hall–Kier alpha value is -1.18. The Labute approximate surface area is 91.6 Å². The van der Waals surface area contributed by atoms with Crippen LogP contribution in [0.15, 0.2) is 18.2 Å². The molecule has 0 aromatic heterocycles. The first-order chi connectivity index (χ1) is 7.33. The van der Waals surface area contributed by atoms with Crippen molar-refractivity contribution in [3.05, 3.63) is 23.8 Å². The standard InChI is InChI=1S/C13H19NO/c1-3-4-11-6-5-10-9-12(15-2)7-8-13(10)14-11/h7-9,11,14H,3-6H2,1-2H3. The number of anilines is 1. The lowest BCUT2D eigenvalue weighted by atomic mass is 9.95. The van der Waals surface area contributed by atoms with E-state index in [0.717, 1.165) is 5.75 Å². The van der Waals surface area contributed by atoms with E-state index in [9.17, 15) is 0 Å². The van der Waals surface area contributed by atoms with Gasteiger partial charge in [-0.3, -0.25) is 0 Å². The molecule has 2 nitrogen and oxygen atoms in total. The van der Waals surface area contributed by atoms with Gasteiger partial charge in [-0.25, -0.2) is 0 Å². The molecule has 1 heterocycles. The van der Waals surface area contributed by atoms with Crippen LogP contribution >= 0.6 is 0 Å². The minimum absolute atomic E-state index is 0.663. The third-order valence-corrected chi connectivity index (χ3v) is 3.07. The van der Waals surface area contributed by atoms with Gasteiger partial charge in [0.1, 0.15) is 5.75 Å². The van der Waals surface area contributed by atoms with Crippen LogP contribution in [-0.2, 0) is 6.42 Å². The Morgan fingerprint density at radius 3 is 3.07 bits per heavy atom. The van der Waals surface area contributed by atoms with E-state index in [1.54, 1.807) is 7.11 Å². The van der Waals surface area contributed by atoms with E-state index in [2.05, 4.69) is 24.4 Å². The van der Waals surface area contributed by atoms with Crippen LogP contribution in [0.3, 0.4) is 0 Å². The summed E-state index contributed by atoms with van der Waals surface area (Å²) in [6.45, 7) is 2.24. The molecular formula is C13H19NO. The van der Waals surface area contributed by atoms with Crippen LogP contribution < -0.4 is 10.1 Å². The van der Waals surface area contributed by atoms with Crippen LogP contribution in [0.2, 0.25) is 0 Å². The van der Waals surface area contributed by atoms with Gasteiger partial charge in [0.2, 0.25) is 0 Å². The normalized spacial score (nSPS) is 19.2. The summed E-state index contributed by atoms with van der Waals surface area (Å²) in [5, 5.41) is 3.59. The van der Waals surface area contributed by atoms with Crippen LogP contribution in [0.1, 0.15) is 31.7 Å². The molecule has 2 rings (SSSR count). The van der Waals surface area contributed by atoms with Crippen molar-refractivity contribution in [2.75, 3.05) is 12.4 Å². The third kappa shape index (κ3) is 2.25. The molecule has 15 heavy (non-hydrogen) atoms. The van der Waals surface area contributed by atoms with Gasteiger partial charge in [-0.05, 0) is 43.0 Å². The highest BCUT2D eigenvalue weighted by atomic mass is 16.5. The second-order valence-corrected chi connectivity index (χ2v) is 4.19. The highest BCUT2D eigenvalue weighted by molar-refractivity contribution is 5.56. The van der Waals surface area contributed by atoms with Crippen molar-refractivity contribution < 1.29 is 4.74 Å². The largest absolute Gasteiger partial charge is 0.497 e. The van der Waals surface area contributed by atoms with E-state index in [0.29, 0.717) is 6.04 Å². The molecule has 0 spiro atoms. The summed E-state index contributed by atoms with van der Waals surface area (Å²) < 4.78 is 5.23. The first-order valence-corrected chi connectivity index (χ1v) is 5.77. The molecule has 1 unspecified atom stereocenters. The SMILES string of the molecule is CCCC1CCc2cc(OC)ccc2N1. The molecule has 0 amide bonds. The minimum Gasteiger partial charge on any atom is -0.497 e. The van der Waals surface area contributed by atoms with Crippen LogP contribution in [0.5, 0.6) is 5.75 Å². The zero-order valence-electron chi connectivity index (χ0n) is 9.55. The number of aryl methyl sites for hydroxylation is 1. The van der Waals surface area contributed by atoms with E-state index < -0.39 is 0 Å². The van der Waals surface area contributed by atoms with Crippen LogP contribution in [-0.4, -0.2) is 13.2 Å². The molecule has 1 aliphatic rings. The fraction of sp³-hybridized carbons (Fsp3) is 0.538. The average molecular weight is 205 g/mol. The Balaban J connectivity index is 2.13. The number of benzene rings is 1. The highest BCUT2D eigenvalue weighted by Crippen LogP contribution is 2.29. The maximum atomic E-state index is 5.23. The molecule has 0 aliphatic carbocycles. The van der Waals surface area contributed by atoms with Crippen molar-refractivity contribution in [3.8, 4) is 5.75 Å². The lowest BCUT2D eigenvalue weighted by Crippen LogP contribution is -2.25. The van der Waals surface area contributed by atoms with Gasteiger partial charge < -0.3 is 10.1 Å². The summed E-state index contributed by atoms with van der Waals surface area (Å²) in [5.74, 6) is 0.962. The van der Waals surface area contributed by atoms with Crippen molar-refractivity contribution in [2.45, 2.75) is 38.6 Å². The van der Waals surface area contributed by atoms with Gasteiger partial charge in [0, 0.05) is 11.7 Å². The summed E-state index contributed by atoms with van der Waals surface area (Å²) in [6, 6.07) is 6.97. The molecule has 0 radical (unpaired) electrons. The highest BCUT2D eigenvalue weighted by Gasteiger charge is 2.16. The summed E-state index contributed by atoms with van der Waals surface area (Å²) in [5.41, 5.74) is 2.68. The molecule has 1 aliphatic heterocycles. The Bertz CT molecular complexity index is 335. The lowest BCUT2D eigenvalue weighted by Gasteiger charge is -2.27. The average Bonchev–Trinajstić information content (AvgIpc) is 2.29. The Morgan fingerprint density at radius 1 is 1.47 bits per heavy atom. The van der Waals surface area contributed by atoms with Crippen molar-refractivity contribution >= 4 is 5.69 Å². The minimum atomic E-state index is 0.663. The second-order valence-electron chi connectivity index (χ2n) is 4.19. The predicted molar refractivity (Wildman–Crippen MR) is 63.6 cm³/mol. The van der Waals surface area contributed by atoms with Crippen LogP contribution in [0.4, 0.5) is 5.69 Å². The first kappa shape index (κ1) is 10.3. The quantitative estimate of drug-likeness (QED) is 0.818. The molecule has 82 valence electrons. The zero-order valence-corrected chi connectivity index (χ0v) is 9.55. The molecule has 0 fully saturated rings. The van der Waals surface area contributed by atoms with Gasteiger partial charge in [0.15, 0.2) is 0 Å². The number of fused-ring (bicyclic) bond motifs is 1. The van der Waals surface area contributed by atoms with Crippen molar-refractivity contribution in [1.82, 2.24) is 0 Å². The molecule has 0 saturated heterocycles. The van der Waals surface area contributed by atoms with Crippen molar-refractivity contribution in [2.24, 2.45) is 0 Å². The molecular weight excluding hydrogens is 186 g/mol. The smallest absolute Gasteiger partial charge is 0.119 e. The first-order valence-electron chi connectivity index (χ1n) is 5.77. The van der Waals surface area contributed by atoms with Gasteiger partial charge in [-0.15, -0.1) is 0 Å². The van der Waals surface area contributed by atoms with Gasteiger partial charge in [0.05, 0.1) is 7.11 Å². The number of hydrogen-bond donors (Lipinski definition) is 1. The Kier molecular flexibility index (Phi) is 3.14. The number of ether oxygens (including phenoxy) is 1. The monoisotopic (exact) mass is 205 g/mol. The second kappa shape index (κ2) is 4.56. The van der Waals surface area contributed by atoms with E-state index in [-0.39, 0.29) is 0 Å². The number of nitrogens with one attached hydrogen (secondary N) is 1. The van der Waals surface area contributed by atoms with Gasteiger partial charge in [-0.1, -0.05) is 13.3 Å². The zero-order chi connectivity index (χ0) is 10.7. The molecule has 0 bridgehead atoms. The maximum Gasteiger partial charge on any atom is 0.119 e. The van der Waals surface area contributed by atoms with Crippen molar-refractivity contribution in [1.29, 1.82) is 0 Å². The van der Waals surface area contributed by atoms with Gasteiger partial charge >= 0.3 is 0 Å². The molecule has 1 aromatic carbocycles. The lowest BCUT2D eigenvalue weighted by molar-refractivity contribution is 0.414. The van der Waals surface area contributed by atoms with Gasteiger partial charge in [0.25, 0.3) is 0 Å². The topological polar surface area (TPSA) is 21.3 Å². The molecule has 1 atom stereocenters. The molecule has 0 saturated carbocycles. The predicted octanol–water partition coefficient (Wildman–Crippen LogP) is 3.22. The van der Waals surface area contributed by atoms with Crippen molar-refractivity contribution in [3.63, 3.8) is 0 Å². The van der Waals surface area contributed by atoms with E-state index in [4.69, 9.17) is 4.74 Å². The fourth-order valence-electron chi connectivity index (χ4n) is 2.23. The third-order valence-electron chi connectivity index (χ3n) is 3.07. The van der Waals surface area contributed by atoms with Crippen LogP contribution in [0, 0.1) is 0 Å². The molecule has 2 heteroatoms. The Morgan fingerprint density at radius 2 is 2.33 bits per heavy atom. The maximum absolute atomic E-state index is 5.23. The fourth-order valence-corrected chi connectivity index (χ4v) is 2.23. The summed E-state index contributed by atoms with van der Waals surface area (Å²) >= 11 is 0. The van der Waals surface area contributed by atoms with E-state index in [1.165, 1.54) is 36.9 Å². The molecule has 1 N–H and O–H groups in total. The summed E-state index contributed by atoms with van der Waals surface area (Å²) in [6.07, 6.45) is 4.94. The van der Waals surface area contributed by atoms with Crippen LogP contribution in [0.25, 0.3) is 0 Å².